The fourth-order valence-electron chi connectivity index (χ4n) is 2.54. The lowest BCUT2D eigenvalue weighted by atomic mass is 10.1. The van der Waals surface area contributed by atoms with Gasteiger partial charge in [-0.05, 0) is 36.6 Å². The van der Waals surface area contributed by atoms with Gasteiger partial charge in [0.2, 0.25) is 10.0 Å². The van der Waals surface area contributed by atoms with Crippen LogP contribution < -0.4 is 5.14 Å². The molecule has 0 aliphatic carbocycles. The standard InChI is InChI=1S/C16H16BrF2O3PS2.C7H13NO2S.C2H4/c17-15-7-13(5-6-14(15)16(18,19)23(20,21)22)10-25-9-12-3-1-11(8-24)2-4-12;1-3-7(2)5-4-6-11(8,9)10;1-2/h1-7,24H,8-10H2,(H2,20,21,22);3-5H,6H2,1-2H3,(H2,8,9,10);1-2H2/b;5-4-,7-3-;. The number of alkyl halides is 2. The number of primary sulfonamides is 1. The van der Waals surface area contributed by atoms with Crippen LogP contribution in [0.1, 0.15) is 36.1 Å². The summed E-state index contributed by atoms with van der Waals surface area (Å²) in [5, 5.41) is 4.76. The number of rotatable bonds is 10. The highest BCUT2D eigenvalue weighted by molar-refractivity contribution is 9.10. The van der Waals surface area contributed by atoms with Crippen molar-refractivity contribution in [2.24, 2.45) is 5.14 Å². The number of thioether (sulfide) groups is 1. The lowest BCUT2D eigenvalue weighted by Gasteiger charge is -2.19. The molecule has 0 bridgehead atoms. The summed E-state index contributed by atoms with van der Waals surface area (Å²) in [4.78, 5) is 17.7. The zero-order valence-corrected chi connectivity index (χ0v) is 26.1. The van der Waals surface area contributed by atoms with E-state index < -0.39 is 28.8 Å². The molecular weight excluding hydrogens is 639 g/mol. The lowest BCUT2D eigenvalue weighted by Crippen LogP contribution is -2.14. The summed E-state index contributed by atoms with van der Waals surface area (Å²) in [6, 6.07) is 12.1. The van der Waals surface area contributed by atoms with Crippen molar-refractivity contribution in [3.05, 3.63) is 106 Å². The summed E-state index contributed by atoms with van der Waals surface area (Å²) >= 11 is 8.81. The second kappa shape index (κ2) is 17.5. The van der Waals surface area contributed by atoms with E-state index in [2.05, 4.69) is 41.7 Å². The first-order chi connectivity index (χ1) is 17.6. The van der Waals surface area contributed by atoms with Gasteiger partial charge in [0.15, 0.2) is 0 Å². The number of hydrogen-bond acceptors (Lipinski definition) is 5. The minimum Gasteiger partial charge on any atom is -0.320 e. The van der Waals surface area contributed by atoms with Gasteiger partial charge >= 0.3 is 13.3 Å². The Balaban J connectivity index is 0.000000887. The molecule has 212 valence electrons. The van der Waals surface area contributed by atoms with Crippen LogP contribution in [0.25, 0.3) is 0 Å². The fourth-order valence-corrected chi connectivity index (χ4v) is 5.40. The third-order valence-corrected chi connectivity index (χ3v) is 8.36. The normalized spacial score (nSPS) is 12.4. The van der Waals surface area contributed by atoms with Crippen molar-refractivity contribution < 1.29 is 31.6 Å². The van der Waals surface area contributed by atoms with Crippen LogP contribution in [0, 0.1) is 0 Å². The SMILES string of the molecule is C/C=C(C)\C=C/CS(N)(=O)=O.C=C.O=P(O)(O)C(F)(F)c1ccc(CSCc2ccc(CS)cc2)cc1Br. The van der Waals surface area contributed by atoms with Gasteiger partial charge in [-0.1, -0.05) is 76.1 Å². The van der Waals surface area contributed by atoms with Crippen molar-refractivity contribution in [1.29, 1.82) is 0 Å². The Bertz CT molecular complexity index is 1230. The van der Waals surface area contributed by atoms with Crippen molar-refractivity contribution >= 4 is 57.9 Å². The summed E-state index contributed by atoms with van der Waals surface area (Å²) in [7, 11) is -8.92. The molecule has 2 aromatic carbocycles. The molecule has 13 heteroatoms. The number of benzene rings is 2. The van der Waals surface area contributed by atoms with E-state index in [9.17, 15) is 21.8 Å². The van der Waals surface area contributed by atoms with Crippen molar-refractivity contribution in [3.8, 4) is 0 Å². The quantitative estimate of drug-likeness (QED) is 0.0923. The average molecular weight is 673 g/mol. The van der Waals surface area contributed by atoms with Gasteiger partial charge in [0.25, 0.3) is 0 Å². The van der Waals surface area contributed by atoms with Gasteiger partial charge in [-0.3, -0.25) is 4.57 Å². The summed E-state index contributed by atoms with van der Waals surface area (Å²) in [6.45, 7) is 9.77. The molecule has 0 saturated carbocycles. The molecule has 0 atom stereocenters. The van der Waals surface area contributed by atoms with Crippen LogP contribution in [-0.4, -0.2) is 24.0 Å². The van der Waals surface area contributed by atoms with E-state index in [1.165, 1.54) is 18.2 Å². The number of hydrogen-bond donors (Lipinski definition) is 4. The number of sulfonamides is 1. The van der Waals surface area contributed by atoms with Gasteiger partial charge in [0, 0.05) is 27.3 Å². The predicted molar refractivity (Wildman–Crippen MR) is 162 cm³/mol. The third kappa shape index (κ3) is 13.7. The fraction of sp³-hybridized carbons (Fsp3) is 0.280. The monoisotopic (exact) mass is 671 g/mol. The first-order valence-electron chi connectivity index (χ1n) is 10.9. The smallest absolute Gasteiger partial charge is 0.320 e. The van der Waals surface area contributed by atoms with Crippen molar-refractivity contribution in [1.82, 2.24) is 0 Å². The van der Waals surface area contributed by atoms with E-state index in [0.717, 1.165) is 34.1 Å². The Morgan fingerprint density at radius 3 is 2.08 bits per heavy atom. The maximum absolute atomic E-state index is 13.8. The molecule has 0 amide bonds. The summed E-state index contributed by atoms with van der Waals surface area (Å²) in [5.41, 5.74) is -0.826. The number of allylic oxidation sites excluding steroid dienone is 3. The summed E-state index contributed by atoms with van der Waals surface area (Å²) in [6.07, 6.45) is 5.15. The Morgan fingerprint density at radius 1 is 1.13 bits per heavy atom. The van der Waals surface area contributed by atoms with Crippen LogP contribution in [-0.2, 0) is 37.5 Å². The minimum absolute atomic E-state index is 0.0166. The maximum atomic E-state index is 13.8. The van der Waals surface area contributed by atoms with Crippen LogP contribution in [0.4, 0.5) is 8.78 Å². The molecule has 2 rings (SSSR count). The highest BCUT2D eigenvalue weighted by atomic mass is 79.9. The van der Waals surface area contributed by atoms with E-state index in [1.54, 1.807) is 17.8 Å². The van der Waals surface area contributed by atoms with E-state index in [-0.39, 0.29) is 10.2 Å². The first kappa shape index (κ1) is 36.8. The Labute approximate surface area is 242 Å². The molecule has 0 radical (unpaired) electrons. The molecule has 0 heterocycles. The van der Waals surface area contributed by atoms with E-state index in [0.29, 0.717) is 11.5 Å². The van der Waals surface area contributed by atoms with Crippen LogP contribution in [0.15, 0.2) is 83.9 Å². The molecule has 2 aromatic rings. The van der Waals surface area contributed by atoms with E-state index in [1.807, 2.05) is 44.2 Å². The van der Waals surface area contributed by atoms with Gasteiger partial charge in [0.1, 0.15) is 0 Å². The molecular formula is C25H33BrF2NO5PS3. The van der Waals surface area contributed by atoms with Crippen molar-refractivity contribution in [2.75, 3.05) is 5.75 Å². The zero-order valence-electron chi connectivity index (χ0n) is 21.1. The Morgan fingerprint density at radius 2 is 1.63 bits per heavy atom. The topological polar surface area (TPSA) is 118 Å². The molecule has 6 nitrogen and oxygen atoms in total. The average Bonchev–Trinajstić information content (AvgIpc) is 2.84. The molecule has 0 aliphatic rings. The summed E-state index contributed by atoms with van der Waals surface area (Å²) in [5.74, 6) is 1.95. The lowest BCUT2D eigenvalue weighted by molar-refractivity contribution is 0.0557. The number of thiol groups is 1. The van der Waals surface area contributed by atoms with Crippen molar-refractivity contribution in [2.45, 2.75) is 36.8 Å². The van der Waals surface area contributed by atoms with Crippen molar-refractivity contribution in [3.63, 3.8) is 0 Å². The summed E-state index contributed by atoms with van der Waals surface area (Å²) < 4.78 is 59.4. The van der Waals surface area contributed by atoms with Gasteiger partial charge in [-0.15, -0.1) is 13.2 Å². The van der Waals surface area contributed by atoms with E-state index in [4.69, 9.17) is 14.9 Å². The number of nitrogens with two attached hydrogens (primary N) is 1. The van der Waals surface area contributed by atoms with Crippen LogP contribution in [0.5, 0.6) is 0 Å². The second-order valence-corrected chi connectivity index (χ2v) is 13.1. The van der Waals surface area contributed by atoms with Crippen LogP contribution >= 0.6 is 47.9 Å². The second-order valence-electron chi connectivity index (χ2n) is 7.63. The molecule has 4 N–H and O–H groups in total. The molecule has 0 unspecified atom stereocenters. The predicted octanol–water partition coefficient (Wildman–Crippen LogP) is 7.14. The third-order valence-electron chi connectivity index (χ3n) is 4.63. The largest absolute Gasteiger partial charge is 0.399 e. The maximum Gasteiger partial charge on any atom is 0.399 e. The van der Waals surface area contributed by atoms with Crippen LogP contribution in [0.2, 0.25) is 0 Å². The minimum atomic E-state index is -5.57. The Hall–Kier alpha value is -1.24. The highest BCUT2D eigenvalue weighted by Crippen LogP contribution is 2.60. The first-order valence-corrected chi connectivity index (χ1v) is 16.8. The van der Waals surface area contributed by atoms with Gasteiger partial charge in [-0.25, -0.2) is 13.6 Å². The zero-order chi connectivity index (χ0) is 29.6. The molecule has 0 saturated heterocycles. The Kier molecular flexibility index (Phi) is 16.9. The van der Waals surface area contributed by atoms with E-state index >= 15 is 0 Å². The molecule has 38 heavy (non-hydrogen) atoms. The van der Waals surface area contributed by atoms with Crippen LogP contribution in [0.3, 0.4) is 0 Å². The highest BCUT2D eigenvalue weighted by Gasteiger charge is 2.51. The van der Waals surface area contributed by atoms with Gasteiger partial charge < -0.3 is 9.79 Å². The number of halogens is 3. The molecule has 0 aliphatic heterocycles. The molecule has 0 fully saturated rings. The molecule has 0 aromatic heterocycles. The molecule has 0 spiro atoms. The van der Waals surface area contributed by atoms with Gasteiger partial charge in [0.05, 0.1) is 5.75 Å². The van der Waals surface area contributed by atoms with Gasteiger partial charge in [-0.2, -0.15) is 33.2 Å².